The van der Waals surface area contributed by atoms with Gasteiger partial charge in [-0.1, -0.05) is 0 Å². The molecule has 0 aliphatic carbocycles. The molecule has 2 saturated heterocycles. The molecule has 7 nitrogen and oxygen atoms in total. The Hall–Kier alpha value is -0.830. The summed E-state index contributed by atoms with van der Waals surface area (Å²) < 4.78 is 26.0. The highest BCUT2D eigenvalue weighted by Gasteiger charge is 2.47. The summed E-state index contributed by atoms with van der Waals surface area (Å²) in [4.78, 5) is 18.8. The maximum absolute atomic E-state index is 12.6. The summed E-state index contributed by atoms with van der Waals surface area (Å²) in [6.45, 7) is 3.44. The molecular formula is C14H22Cl2N4O3S. The van der Waals surface area contributed by atoms with Crippen molar-refractivity contribution in [3.63, 3.8) is 0 Å². The van der Waals surface area contributed by atoms with Crippen LogP contribution in [-0.4, -0.2) is 66.0 Å². The van der Waals surface area contributed by atoms with E-state index >= 15 is 0 Å². The minimum absolute atomic E-state index is 0. The van der Waals surface area contributed by atoms with Gasteiger partial charge in [0.1, 0.15) is 11.5 Å². The van der Waals surface area contributed by atoms with Gasteiger partial charge in [0.15, 0.2) is 9.84 Å². The van der Waals surface area contributed by atoms with Gasteiger partial charge in [-0.3, -0.25) is 4.79 Å². The lowest BCUT2D eigenvalue weighted by molar-refractivity contribution is 0.0781. The number of nitrogens with zero attached hydrogens (tertiary/aromatic N) is 3. The number of sulfone groups is 1. The summed E-state index contributed by atoms with van der Waals surface area (Å²) in [5.74, 6) is 1.19. The molecule has 1 N–H and O–H groups in total. The van der Waals surface area contributed by atoms with Crippen LogP contribution in [0.1, 0.15) is 22.7 Å². The van der Waals surface area contributed by atoms with Crippen molar-refractivity contribution in [1.29, 1.82) is 0 Å². The fourth-order valence-corrected chi connectivity index (χ4v) is 5.95. The number of imidazole rings is 1. The Labute approximate surface area is 153 Å². The van der Waals surface area contributed by atoms with Gasteiger partial charge in [-0.2, -0.15) is 0 Å². The van der Waals surface area contributed by atoms with Gasteiger partial charge in [-0.25, -0.2) is 13.4 Å². The van der Waals surface area contributed by atoms with Crippen LogP contribution in [0.15, 0.2) is 6.20 Å². The molecule has 24 heavy (non-hydrogen) atoms. The predicted octanol–water partition coefficient (Wildman–Crippen LogP) is 0.131. The first kappa shape index (κ1) is 19.5. The summed E-state index contributed by atoms with van der Waals surface area (Å²) in [5, 5.41) is 2.94. The van der Waals surface area contributed by atoms with Crippen LogP contribution in [0.5, 0.6) is 0 Å². The van der Waals surface area contributed by atoms with E-state index in [-0.39, 0.29) is 47.6 Å². The molecule has 0 unspecified atom stereocenters. The van der Waals surface area contributed by atoms with Crippen LogP contribution in [0.4, 0.5) is 0 Å². The lowest BCUT2D eigenvalue weighted by Crippen LogP contribution is -2.32. The molecular weight excluding hydrogens is 375 g/mol. The van der Waals surface area contributed by atoms with Crippen molar-refractivity contribution >= 4 is 40.6 Å². The van der Waals surface area contributed by atoms with Crippen molar-refractivity contribution < 1.29 is 13.2 Å². The number of hydrogen-bond acceptors (Lipinski definition) is 5. The summed E-state index contributed by atoms with van der Waals surface area (Å²) in [7, 11) is -3.01. The van der Waals surface area contributed by atoms with E-state index in [1.165, 1.54) is 0 Å². The van der Waals surface area contributed by atoms with Crippen LogP contribution in [-0.2, 0) is 22.8 Å². The first-order valence-electron chi connectivity index (χ1n) is 7.82. The van der Waals surface area contributed by atoms with E-state index < -0.39 is 9.84 Å². The third-order valence-electron chi connectivity index (χ3n) is 5.04. The number of fused-ring (bicyclic) bond motifs is 2. The average molecular weight is 397 g/mol. The third-order valence-corrected chi connectivity index (χ3v) is 7.30. The zero-order valence-corrected chi connectivity index (χ0v) is 15.6. The first-order valence-corrected chi connectivity index (χ1v) is 9.54. The smallest absolute Gasteiger partial charge is 0.274 e. The van der Waals surface area contributed by atoms with Crippen LogP contribution in [0.25, 0.3) is 0 Å². The van der Waals surface area contributed by atoms with Gasteiger partial charge in [0, 0.05) is 45.3 Å². The molecule has 136 valence electrons. The van der Waals surface area contributed by atoms with E-state index in [1.54, 1.807) is 4.90 Å². The van der Waals surface area contributed by atoms with Crippen molar-refractivity contribution in [3.8, 4) is 0 Å². The zero-order chi connectivity index (χ0) is 15.3. The monoisotopic (exact) mass is 396 g/mol. The minimum Gasteiger partial charge on any atom is -0.336 e. The lowest BCUT2D eigenvalue weighted by Gasteiger charge is -2.15. The van der Waals surface area contributed by atoms with Crippen molar-refractivity contribution in [3.05, 3.63) is 17.7 Å². The molecule has 4 rings (SSSR count). The molecule has 1 aromatic rings. The Morgan fingerprint density at radius 2 is 2.04 bits per heavy atom. The van der Waals surface area contributed by atoms with Crippen LogP contribution in [0.2, 0.25) is 0 Å². The fourth-order valence-electron chi connectivity index (χ4n) is 3.80. The van der Waals surface area contributed by atoms with Crippen LogP contribution in [0, 0.1) is 5.92 Å². The number of likely N-dealkylation sites (tertiary alicyclic amines) is 1. The molecule has 0 bridgehead atoms. The Morgan fingerprint density at radius 1 is 1.25 bits per heavy atom. The number of aromatic nitrogens is 2. The van der Waals surface area contributed by atoms with Gasteiger partial charge in [-0.15, -0.1) is 24.8 Å². The van der Waals surface area contributed by atoms with Crippen LogP contribution in [0.3, 0.4) is 0 Å². The van der Waals surface area contributed by atoms with Gasteiger partial charge in [0.25, 0.3) is 5.91 Å². The largest absolute Gasteiger partial charge is 0.336 e. The summed E-state index contributed by atoms with van der Waals surface area (Å²) in [5.41, 5.74) is 0.453. The number of hydrogen-bond donors (Lipinski definition) is 1. The second-order valence-corrected chi connectivity index (χ2v) is 8.74. The molecule has 0 saturated carbocycles. The highest BCUT2D eigenvalue weighted by Crippen LogP contribution is 2.34. The summed E-state index contributed by atoms with van der Waals surface area (Å²) in [6.07, 6.45) is 3.31. The number of halogens is 2. The molecule has 3 aliphatic rings. The molecule has 0 radical (unpaired) electrons. The molecule has 0 aromatic carbocycles. The minimum atomic E-state index is -3.01. The topological polar surface area (TPSA) is 84.3 Å². The van der Waals surface area contributed by atoms with Crippen molar-refractivity contribution in [2.24, 2.45) is 5.92 Å². The Bertz CT molecular complexity index is 698. The molecule has 3 aliphatic heterocycles. The van der Waals surface area contributed by atoms with Crippen molar-refractivity contribution in [2.75, 3.05) is 31.9 Å². The van der Waals surface area contributed by atoms with Gasteiger partial charge in [0.05, 0.1) is 11.0 Å². The van der Waals surface area contributed by atoms with Crippen molar-refractivity contribution in [1.82, 2.24) is 19.8 Å². The molecule has 2 atom stereocenters. The highest BCUT2D eigenvalue weighted by atomic mass is 35.5. The average Bonchev–Trinajstić information content (AvgIpc) is 3.11. The molecule has 0 spiro atoms. The molecule has 4 heterocycles. The predicted molar refractivity (Wildman–Crippen MR) is 94.9 cm³/mol. The highest BCUT2D eigenvalue weighted by molar-refractivity contribution is 7.92. The Morgan fingerprint density at radius 3 is 2.79 bits per heavy atom. The van der Waals surface area contributed by atoms with Gasteiger partial charge < -0.3 is 14.8 Å². The quantitative estimate of drug-likeness (QED) is 0.729. The van der Waals surface area contributed by atoms with E-state index in [2.05, 4.69) is 10.3 Å². The number of nitrogens with one attached hydrogen (secondary N) is 1. The molecule has 1 aromatic heterocycles. The second kappa shape index (κ2) is 7.19. The number of carbonyl (C=O) groups excluding carboxylic acids is 1. The summed E-state index contributed by atoms with van der Waals surface area (Å²) in [6, 6.07) is 0. The second-order valence-electron chi connectivity index (χ2n) is 6.40. The normalized spacial score (nSPS) is 27.4. The summed E-state index contributed by atoms with van der Waals surface area (Å²) >= 11 is 0. The van der Waals surface area contributed by atoms with Crippen molar-refractivity contribution in [2.45, 2.75) is 24.6 Å². The standard InChI is InChI=1S/C14H20N4O3S.2ClH/c19-14(11-8-17-5-4-15-3-1-13(17)16-11)18-7-10-2-6-22(20,21)12(10)9-18;;/h8,10,12,15H,1-7,9H2;2*1H/t10-,12+;;/m0../s1. The van der Waals surface area contributed by atoms with E-state index in [0.717, 1.165) is 31.9 Å². The van der Waals surface area contributed by atoms with E-state index in [4.69, 9.17) is 0 Å². The van der Waals surface area contributed by atoms with E-state index in [1.807, 2.05) is 10.8 Å². The van der Waals surface area contributed by atoms with Gasteiger partial charge >= 0.3 is 0 Å². The maximum atomic E-state index is 12.6. The number of amides is 1. The number of carbonyl (C=O) groups is 1. The third kappa shape index (κ3) is 3.29. The molecule has 2 fully saturated rings. The van der Waals surface area contributed by atoms with E-state index in [0.29, 0.717) is 25.2 Å². The molecule has 10 heteroatoms. The lowest BCUT2D eigenvalue weighted by atomic mass is 10.1. The first-order chi connectivity index (χ1) is 10.5. The maximum Gasteiger partial charge on any atom is 0.274 e. The van der Waals surface area contributed by atoms with E-state index in [9.17, 15) is 13.2 Å². The Kier molecular flexibility index (Phi) is 5.84. The van der Waals surface area contributed by atoms with Gasteiger partial charge in [-0.05, 0) is 12.3 Å². The number of rotatable bonds is 1. The van der Waals surface area contributed by atoms with Gasteiger partial charge in [0.2, 0.25) is 0 Å². The SMILES string of the molecule is Cl.Cl.O=C(c1cn2c(n1)CCNCC2)N1C[C@@H]2CCS(=O)(=O)[C@@H]2C1. The van der Waals surface area contributed by atoms with Crippen LogP contribution >= 0.6 is 24.8 Å². The van der Waals surface area contributed by atoms with Crippen LogP contribution < -0.4 is 5.32 Å². The Balaban J connectivity index is 0.00000104. The molecule has 1 amide bonds. The fraction of sp³-hybridized carbons (Fsp3) is 0.714. The zero-order valence-electron chi connectivity index (χ0n) is 13.2.